The van der Waals surface area contributed by atoms with Crippen molar-refractivity contribution in [3.8, 4) is 0 Å². The van der Waals surface area contributed by atoms with Gasteiger partial charge in [0.2, 0.25) is 5.09 Å². The summed E-state index contributed by atoms with van der Waals surface area (Å²) in [6.45, 7) is 5.20. The van der Waals surface area contributed by atoms with E-state index in [1.165, 1.54) is 17.1 Å². The van der Waals surface area contributed by atoms with Gasteiger partial charge in [0.25, 0.3) is 10.0 Å². The molecule has 1 aliphatic carbocycles. The Hall–Kier alpha value is -0.850. The lowest BCUT2D eigenvalue weighted by atomic mass is 10.1. The molecule has 1 saturated carbocycles. The summed E-state index contributed by atoms with van der Waals surface area (Å²) >= 11 is 0. The highest BCUT2D eigenvalue weighted by atomic mass is 32.2. The highest BCUT2D eigenvalue weighted by molar-refractivity contribution is 7.89. The van der Waals surface area contributed by atoms with Crippen LogP contribution in [0.3, 0.4) is 0 Å². The summed E-state index contributed by atoms with van der Waals surface area (Å²) in [7, 11) is -1.86. The second-order valence-electron chi connectivity index (χ2n) is 6.19. The van der Waals surface area contributed by atoms with Crippen LogP contribution in [-0.2, 0) is 16.6 Å². The fraction of sp³-hybridized carbons (Fsp3) is 0.733. The van der Waals surface area contributed by atoms with Crippen LogP contribution in [0.2, 0.25) is 0 Å². The number of hydrogen-bond acceptors (Lipinski definition) is 4. The van der Waals surface area contributed by atoms with E-state index in [9.17, 15) is 8.42 Å². The van der Waals surface area contributed by atoms with Crippen molar-refractivity contribution >= 4 is 10.0 Å². The van der Waals surface area contributed by atoms with Gasteiger partial charge in [-0.25, -0.2) is 8.42 Å². The van der Waals surface area contributed by atoms with E-state index in [1.54, 1.807) is 19.2 Å². The predicted molar refractivity (Wildman–Crippen MR) is 82.5 cm³/mol. The van der Waals surface area contributed by atoms with E-state index < -0.39 is 10.0 Å². The molecule has 1 aromatic rings. The van der Waals surface area contributed by atoms with Gasteiger partial charge in [-0.15, -0.1) is 0 Å². The molecular formula is C15H26N2O3S. The molecule has 0 aliphatic heterocycles. The van der Waals surface area contributed by atoms with Gasteiger partial charge in [0, 0.05) is 19.6 Å². The Kier molecular flexibility index (Phi) is 5.46. The van der Waals surface area contributed by atoms with E-state index in [1.807, 2.05) is 13.8 Å². The summed E-state index contributed by atoms with van der Waals surface area (Å²) in [6, 6.07) is 3.61. The van der Waals surface area contributed by atoms with Crippen LogP contribution in [0.1, 0.15) is 45.3 Å². The molecular weight excluding hydrogens is 288 g/mol. The molecule has 1 N–H and O–H groups in total. The molecule has 0 amide bonds. The minimum atomic E-state index is -3.51. The summed E-state index contributed by atoms with van der Waals surface area (Å²) in [5, 5.41) is 3.26. The van der Waals surface area contributed by atoms with Gasteiger partial charge in [-0.1, -0.05) is 26.7 Å². The zero-order chi connectivity index (χ0) is 15.5. The molecule has 0 atom stereocenters. The van der Waals surface area contributed by atoms with Gasteiger partial charge >= 0.3 is 0 Å². The van der Waals surface area contributed by atoms with Crippen LogP contribution in [0.15, 0.2) is 21.6 Å². The smallest absolute Gasteiger partial charge is 0.276 e. The molecule has 1 aromatic heterocycles. The van der Waals surface area contributed by atoms with Crippen molar-refractivity contribution < 1.29 is 12.8 Å². The largest absolute Gasteiger partial charge is 0.447 e. The van der Waals surface area contributed by atoms with Gasteiger partial charge in [-0.2, -0.15) is 4.31 Å². The summed E-state index contributed by atoms with van der Waals surface area (Å²) < 4.78 is 31.9. The summed E-state index contributed by atoms with van der Waals surface area (Å²) in [4.78, 5) is 0. The van der Waals surface area contributed by atoms with E-state index >= 15 is 0 Å². The van der Waals surface area contributed by atoms with Crippen molar-refractivity contribution in [2.24, 2.45) is 5.92 Å². The van der Waals surface area contributed by atoms with E-state index in [0.29, 0.717) is 30.8 Å². The second-order valence-corrected chi connectivity index (χ2v) is 8.17. The number of nitrogens with zero attached hydrogens (tertiary/aromatic N) is 1. The second kappa shape index (κ2) is 6.94. The first-order chi connectivity index (χ1) is 9.89. The van der Waals surface area contributed by atoms with E-state index in [2.05, 4.69) is 5.32 Å². The van der Waals surface area contributed by atoms with Crippen LogP contribution in [0.4, 0.5) is 0 Å². The first-order valence-electron chi connectivity index (χ1n) is 7.68. The normalized spacial score (nSPS) is 17.2. The Morgan fingerprint density at radius 1 is 1.33 bits per heavy atom. The third-order valence-electron chi connectivity index (χ3n) is 3.98. The monoisotopic (exact) mass is 314 g/mol. The van der Waals surface area contributed by atoms with E-state index in [-0.39, 0.29) is 5.09 Å². The molecule has 0 spiro atoms. The fourth-order valence-electron chi connectivity index (χ4n) is 2.70. The Morgan fingerprint density at radius 2 is 2.00 bits per heavy atom. The first-order valence-corrected chi connectivity index (χ1v) is 9.12. The molecule has 0 bridgehead atoms. The van der Waals surface area contributed by atoms with Crippen LogP contribution in [0.25, 0.3) is 0 Å². The van der Waals surface area contributed by atoms with Gasteiger partial charge in [-0.3, -0.25) is 0 Å². The average Bonchev–Trinajstić information content (AvgIpc) is 3.07. The molecule has 120 valence electrons. The van der Waals surface area contributed by atoms with Gasteiger partial charge < -0.3 is 9.73 Å². The number of furan rings is 1. The average molecular weight is 314 g/mol. The Labute approximate surface area is 127 Å². The van der Waals surface area contributed by atoms with Crippen molar-refractivity contribution in [1.82, 2.24) is 9.62 Å². The fourth-order valence-corrected chi connectivity index (χ4v) is 3.87. The SMILES string of the molecule is CC(C)NCc1ccc(S(=O)(=O)N(C)CC2CCCC2)o1. The van der Waals surface area contributed by atoms with Crippen LogP contribution in [0.5, 0.6) is 0 Å². The minimum absolute atomic E-state index is 0.0450. The van der Waals surface area contributed by atoms with Crippen molar-refractivity contribution in [3.63, 3.8) is 0 Å². The summed E-state index contributed by atoms with van der Waals surface area (Å²) in [5.41, 5.74) is 0. The van der Waals surface area contributed by atoms with E-state index in [0.717, 1.165) is 12.8 Å². The molecule has 1 aliphatic rings. The molecule has 6 heteroatoms. The van der Waals surface area contributed by atoms with Crippen molar-refractivity contribution in [2.45, 2.75) is 57.2 Å². The quantitative estimate of drug-likeness (QED) is 0.840. The predicted octanol–water partition coefficient (Wildman–Crippen LogP) is 2.59. The molecule has 0 radical (unpaired) electrons. The molecule has 2 rings (SSSR count). The van der Waals surface area contributed by atoms with Gasteiger partial charge in [0.15, 0.2) is 0 Å². The zero-order valence-electron chi connectivity index (χ0n) is 13.1. The lowest BCUT2D eigenvalue weighted by Gasteiger charge is -2.19. The highest BCUT2D eigenvalue weighted by Crippen LogP contribution is 2.27. The van der Waals surface area contributed by atoms with Crippen molar-refractivity contribution in [1.29, 1.82) is 0 Å². The molecule has 0 saturated heterocycles. The Balaban J connectivity index is 2.00. The van der Waals surface area contributed by atoms with Gasteiger partial charge in [0.05, 0.1) is 6.54 Å². The lowest BCUT2D eigenvalue weighted by Crippen LogP contribution is -2.31. The van der Waals surface area contributed by atoms with Crippen molar-refractivity contribution in [3.05, 3.63) is 17.9 Å². The summed E-state index contributed by atoms with van der Waals surface area (Å²) in [6.07, 6.45) is 4.68. The number of rotatable bonds is 7. The maximum Gasteiger partial charge on any atom is 0.276 e. The molecule has 1 fully saturated rings. The van der Waals surface area contributed by atoms with Gasteiger partial charge in [0.1, 0.15) is 5.76 Å². The van der Waals surface area contributed by atoms with E-state index in [4.69, 9.17) is 4.42 Å². The summed E-state index contributed by atoms with van der Waals surface area (Å²) in [5.74, 6) is 1.14. The molecule has 0 unspecified atom stereocenters. The molecule has 5 nitrogen and oxygen atoms in total. The standard InChI is InChI=1S/C15H26N2O3S/c1-12(2)16-10-14-8-9-15(20-14)21(18,19)17(3)11-13-6-4-5-7-13/h8-9,12-13,16H,4-7,10-11H2,1-3H3. The molecule has 0 aromatic carbocycles. The first kappa shape index (κ1) is 16.5. The zero-order valence-corrected chi connectivity index (χ0v) is 13.9. The van der Waals surface area contributed by atoms with Crippen LogP contribution in [0, 0.1) is 5.92 Å². The maximum atomic E-state index is 12.5. The maximum absolute atomic E-state index is 12.5. The third-order valence-corrected chi connectivity index (χ3v) is 5.67. The van der Waals surface area contributed by atoms with Crippen LogP contribution >= 0.6 is 0 Å². The lowest BCUT2D eigenvalue weighted by molar-refractivity contribution is 0.354. The van der Waals surface area contributed by atoms with Crippen LogP contribution in [-0.4, -0.2) is 32.4 Å². The van der Waals surface area contributed by atoms with Crippen molar-refractivity contribution in [2.75, 3.05) is 13.6 Å². The van der Waals surface area contributed by atoms with Crippen LogP contribution < -0.4 is 5.32 Å². The highest BCUT2D eigenvalue weighted by Gasteiger charge is 2.28. The molecule has 21 heavy (non-hydrogen) atoms. The Morgan fingerprint density at radius 3 is 2.62 bits per heavy atom. The topological polar surface area (TPSA) is 62.6 Å². The Bertz CT molecular complexity index is 545. The molecule has 1 heterocycles. The van der Waals surface area contributed by atoms with Gasteiger partial charge in [-0.05, 0) is 30.9 Å². The number of hydrogen-bond donors (Lipinski definition) is 1. The number of nitrogens with one attached hydrogen (secondary N) is 1. The minimum Gasteiger partial charge on any atom is -0.447 e. The number of sulfonamides is 1. The third kappa shape index (κ3) is 4.31.